The molecule has 2 rings (SSSR count). The van der Waals surface area contributed by atoms with Crippen LogP contribution in [0.2, 0.25) is 0 Å². The third-order valence-electron chi connectivity index (χ3n) is 2.40. The molecule has 0 aliphatic heterocycles. The predicted octanol–water partition coefficient (Wildman–Crippen LogP) is 2.10. The fourth-order valence-electron chi connectivity index (χ4n) is 1.60. The molecule has 0 radical (unpaired) electrons. The zero-order valence-corrected chi connectivity index (χ0v) is 9.72. The van der Waals surface area contributed by atoms with E-state index in [-0.39, 0.29) is 6.61 Å². The molecular weight excluding hydrogens is 218 g/mol. The van der Waals surface area contributed by atoms with Crippen molar-refractivity contribution in [2.75, 3.05) is 6.61 Å². The van der Waals surface area contributed by atoms with Crippen LogP contribution in [0, 0.1) is 6.92 Å². The fraction of sp³-hybridized carbons (Fsp3) is 0.308. The van der Waals surface area contributed by atoms with Crippen LogP contribution in [0.25, 0.3) is 0 Å². The summed E-state index contributed by atoms with van der Waals surface area (Å²) in [5.41, 5.74) is 1.83. The van der Waals surface area contributed by atoms with E-state index in [9.17, 15) is 0 Å². The summed E-state index contributed by atoms with van der Waals surface area (Å²) in [6.45, 7) is 2.33. The van der Waals surface area contributed by atoms with Gasteiger partial charge < -0.3 is 14.4 Å². The maximum atomic E-state index is 8.95. The number of rotatable bonds is 5. The first-order valence-corrected chi connectivity index (χ1v) is 5.53. The number of hydrogen-bond acceptors (Lipinski definition) is 4. The lowest BCUT2D eigenvalue weighted by atomic mass is 10.1. The van der Waals surface area contributed by atoms with Gasteiger partial charge in [0.05, 0.1) is 5.69 Å². The van der Waals surface area contributed by atoms with Crippen LogP contribution in [0.5, 0.6) is 5.75 Å². The van der Waals surface area contributed by atoms with Crippen LogP contribution < -0.4 is 4.74 Å². The molecule has 4 nitrogen and oxygen atoms in total. The highest BCUT2D eigenvalue weighted by Crippen LogP contribution is 2.19. The van der Waals surface area contributed by atoms with Gasteiger partial charge in [0, 0.05) is 12.7 Å². The van der Waals surface area contributed by atoms with Gasteiger partial charge in [-0.3, -0.25) is 0 Å². The van der Waals surface area contributed by atoms with Crippen LogP contribution in [0.3, 0.4) is 0 Å². The molecule has 2 aromatic rings. The van der Waals surface area contributed by atoms with Gasteiger partial charge in [-0.15, -0.1) is 0 Å². The average molecular weight is 233 g/mol. The van der Waals surface area contributed by atoms with Crippen molar-refractivity contribution in [2.24, 2.45) is 0 Å². The minimum Gasteiger partial charge on any atom is -0.485 e. The van der Waals surface area contributed by atoms with Crippen molar-refractivity contribution in [3.05, 3.63) is 47.3 Å². The number of benzene rings is 1. The van der Waals surface area contributed by atoms with E-state index in [0.717, 1.165) is 17.0 Å². The van der Waals surface area contributed by atoms with E-state index in [2.05, 4.69) is 5.16 Å². The number of hydrogen-bond donors (Lipinski definition) is 1. The minimum absolute atomic E-state index is 0.113. The summed E-state index contributed by atoms with van der Waals surface area (Å²) in [6, 6.07) is 9.50. The van der Waals surface area contributed by atoms with Crippen molar-refractivity contribution in [3.63, 3.8) is 0 Å². The molecule has 0 saturated carbocycles. The standard InChI is InChI=1S/C13H15NO3/c1-10-8-12(17-14-10)9-16-13-5-3-2-4-11(13)6-7-15/h2-5,8,15H,6-7,9H2,1H3. The first-order chi connectivity index (χ1) is 8.29. The third kappa shape index (κ3) is 3.07. The van der Waals surface area contributed by atoms with Gasteiger partial charge in [-0.05, 0) is 25.0 Å². The van der Waals surface area contributed by atoms with Crippen LogP contribution in [0.4, 0.5) is 0 Å². The molecule has 0 aliphatic carbocycles. The molecule has 0 spiro atoms. The summed E-state index contributed by atoms with van der Waals surface area (Å²) < 4.78 is 10.7. The van der Waals surface area contributed by atoms with Gasteiger partial charge in [0.1, 0.15) is 12.4 Å². The molecule has 0 atom stereocenters. The number of para-hydroxylation sites is 1. The molecule has 0 unspecified atom stereocenters. The Kier molecular flexibility index (Phi) is 3.77. The zero-order chi connectivity index (χ0) is 12.1. The predicted molar refractivity (Wildman–Crippen MR) is 62.8 cm³/mol. The summed E-state index contributed by atoms with van der Waals surface area (Å²) in [5, 5.41) is 12.7. The van der Waals surface area contributed by atoms with Gasteiger partial charge in [0.2, 0.25) is 0 Å². The number of aliphatic hydroxyl groups is 1. The second-order valence-electron chi connectivity index (χ2n) is 3.80. The maximum Gasteiger partial charge on any atom is 0.174 e. The number of aliphatic hydroxyl groups excluding tert-OH is 1. The van der Waals surface area contributed by atoms with Crippen LogP contribution in [-0.4, -0.2) is 16.9 Å². The Morgan fingerprint density at radius 1 is 1.35 bits per heavy atom. The average Bonchev–Trinajstić information content (AvgIpc) is 2.74. The highest BCUT2D eigenvalue weighted by atomic mass is 16.5. The van der Waals surface area contributed by atoms with Crippen molar-refractivity contribution in [2.45, 2.75) is 20.0 Å². The van der Waals surface area contributed by atoms with E-state index in [0.29, 0.717) is 18.8 Å². The lowest BCUT2D eigenvalue weighted by molar-refractivity contribution is 0.244. The summed E-state index contributed by atoms with van der Waals surface area (Å²) in [6.07, 6.45) is 0.589. The monoisotopic (exact) mass is 233 g/mol. The second kappa shape index (κ2) is 5.50. The molecule has 1 N–H and O–H groups in total. The Labute approximate surface area is 99.8 Å². The topological polar surface area (TPSA) is 55.5 Å². The Bertz CT molecular complexity index is 479. The van der Waals surface area contributed by atoms with E-state index in [1.165, 1.54) is 0 Å². The second-order valence-corrected chi connectivity index (χ2v) is 3.80. The molecule has 90 valence electrons. The summed E-state index contributed by atoms with van der Waals surface area (Å²) >= 11 is 0. The Hall–Kier alpha value is -1.81. The Balaban J connectivity index is 2.03. The number of nitrogens with zero attached hydrogens (tertiary/aromatic N) is 1. The van der Waals surface area contributed by atoms with Crippen LogP contribution >= 0.6 is 0 Å². The Morgan fingerprint density at radius 2 is 2.18 bits per heavy atom. The molecule has 0 fully saturated rings. The van der Waals surface area contributed by atoms with Gasteiger partial charge in [-0.2, -0.15) is 0 Å². The molecule has 0 saturated heterocycles. The van der Waals surface area contributed by atoms with Gasteiger partial charge in [0.25, 0.3) is 0 Å². The first kappa shape index (κ1) is 11.7. The van der Waals surface area contributed by atoms with E-state index < -0.39 is 0 Å². The molecule has 1 aromatic heterocycles. The Morgan fingerprint density at radius 3 is 2.88 bits per heavy atom. The third-order valence-corrected chi connectivity index (χ3v) is 2.40. The van der Waals surface area contributed by atoms with Crippen LogP contribution in [0.1, 0.15) is 17.0 Å². The van der Waals surface area contributed by atoms with Crippen molar-refractivity contribution >= 4 is 0 Å². The number of aromatic nitrogens is 1. The van der Waals surface area contributed by atoms with E-state index in [4.69, 9.17) is 14.4 Å². The molecule has 0 aliphatic rings. The van der Waals surface area contributed by atoms with Gasteiger partial charge in [-0.25, -0.2) is 0 Å². The molecule has 1 aromatic carbocycles. The van der Waals surface area contributed by atoms with Gasteiger partial charge >= 0.3 is 0 Å². The van der Waals surface area contributed by atoms with Gasteiger partial charge in [-0.1, -0.05) is 23.4 Å². The smallest absolute Gasteiger partial charge is 0.174 e. The quantitative estimate of drug-likeness (QED) is 0.859. The minimum atomic E-state index is 0.113. The summed E-state index contributed by atoms with van der Waals surface area (Å²) in [5.74, 6) is 1.47. The van der Waals surface area contributed by atoms with Crippen LogP contribution in [0.15, 0.2) is 34.9 Å². The fourth-order valence-corrected chi connectivity index (χ4v) is 1.60. The van der Waals surface area contributed by atoms with E-state index in [1.54, 1.807) is 0 Å². The zero-order valence-electron chi connectivity index (χ0n) is 9.72. The highest BCUT2D eigenvalue weighted by Gasteiger charge is 2.05. The lowest BCUT2D eigenvalue weighted by Gasteiger charge is -2.08. The van der Waals surface area contributed by atoms with Crippen LogP contribution in [-0.2, 0) is 13.0 Å². The van der Waals surface area contributed by atoms with Crippen molar-refractivity contribution < 1.29 is 14.4 Å². The highest BCUT2D eigenvalue weighted by molar-refractivity contribution is 5.33. The maximum absolute atomic E-state index is 8.95. The molecule has 1 heterocycles. The van der Waals surface area contributed by atoms with Crippen molar-refractivity contribution in [3.8, 4) is 5.75 Å². The largest absolute Gasteiger partial charge is 0.485 e. The molecule has 0 bridgehead atoms. The molecule has 4 heteroatoms. The number of aryl methyl sites for hydroxylation is 1. The summed E-state index contributed by atoms with van der Waals surface area (Å²) in [7, 11) is 0. The number of ether oxygens (including phenoxy) is 1. The SMILES string of the molecule is Cc1cc(COc2ccccc2CCO)on1. The molecule has 17 heavy (non-hydrogen) atoms. The normalized spacial score (nSPS) is 10.5. The van der Waals surface area contributed by atoms with Gasteiger partial charge in [0.15, 0.2) is 5.76 Å². The van der Waals surface area contributed by atoms with Crippen molar-refractivity contribution in [1.29, 1.82) is 0 Å². The van der Waals surface area contributed by atoms with E-state index >= 15 is 0 Å². The molecule has 0 amide bonds. The summed E-state index contributed by atoms with van der Waals surface area (Å²) in [4.78, 5) is 0. The molecular formula is C13H15NO3. The first-order valence-electron chi connectivity index (χ1n) is 5.53. The van der Waals surface area contributed by atoms with E-state index in [1.807, 2.05) is 37.3 Å². The lowest BCUT2D eigenvalue weighted by Crippen LogP contribution is -1.99. The van der Waals surface area contributed by atoms with Crippen molar-refractivity contribution in [1.82, 2.24) is 5.16 Å².